The maximum atomic E-state index is 13.5. The fraction of sp³-hybridized carbons (Fsp3) is 0.125. The Morgan fingerprint density at radius 1 is 1.04 bits per heavy atom. The lowest BCUT2D eigenvalue weighted by molar-refractivity contribution is -0.121. The van der Waals surface area contributed by atoms with Gasteiger partial charge in [-0.3, -0.25) is 20.4 Å². The summed E-state index contributed by atoms with van der Waals surface area (Å²) in [6.07, 6.45) is 0. The number of amides is 2. The molecular formula is C16H14F2N2O2S. The van der Waals surface area contributed by atoms with Crippen molar-refractivity contribution in [2.45, 2.75) is 17.1 Å². The van der Waals surface area contributed by atoms with Gasteiger partial charge in [0.15, 0.2) is 0 Å². The zero-order valence-corrected chi connectivity index (χ0v) is 13.0. The quantitative estimate of drug-likeness (QED) is 0.667. The van der Waals surface area contributed by atoms with E-state index in [0.717, 1.165) is 23.9 Å². The summed E-state index contributed by atoms with van der Waals surface area (Å²) < 4.78 is 26.4. The van der Waals surface area contributed by atoms with Crippen LogP contribution < -0.4 is 10.9 Å². The molecule has 0 aliphatic rings. The molecule has 0 saturated carbocycles. The molecule has 2 N–H and O–H groups in total. The Balaban J connectivity index is 1.89. The van der Waals surface area contributed by atoms with Crippen LogP contribution in [0.1, 0.15) is 17.3 Å². The summed E-state index contributed by atoms with van der Waals surface area (Å²) in [5.41, 5.74) is 4.96. The predicted molar refractivity (Wildman–Crippen MR) is 83.7 cm³/mol. The predicted octanol–water partition coefficient (Wildman–Crippen LogP) is 2.91. The van der Waals surface area contributed by atoms with Crippen molar-refractivity contribution in [2.24, 2.45) is 0 Å². The first-order valence-corrected chi connectivity index (χ1v) is 7.62. The lowest BCUT2D eigenvalue weighted by Gasteiger charge is -2.13. The second-order valence-electron chi connectivity index (χ2n) is 4.64. The van der Waals surface area contributed by atoms with Crippen molar-refractivity contribution in [3.63, 3.8) is 0 Å². The number of benzene rings is 2. The molecule has 7 heteroatoms. The second kappa shape index (κ2) is 7.73. The largest absolute Gasteiger partial charge is 0.272 e. The summed E-state index contributed by atoms with van der Waals surface area (Å²) in [6.45, 7) is 1.55. The van der Waals surface area contributed by atoms with E-state index in [-0.39, 0.29) is 4.90 Å². The van der Waals surface area contributed by atoms with Crippen molar-refractivity contribution in [1.82, 2.24) is 10.9 Å². The summed E-state index contributed by atoms with van der Waals surface area (Å²) in [6, 6.07) is 11.5. The SMILES string of the molecule is C[C@@H](Sc1ccc(F)cc1F)C(=O)NNC(=O)c1ccccc1. The molecule has 4 nitrogen and oxygen atoms in total. The van der Waals surface area contributed by atoms with Crippen LogP contribution in [0.4, 0.5) is 8.78 Å². The highest BCUT2D eigenvalue weighted by Crippen LogP contribution is 2.26. The minimum atomic E-state index is -0.733. The van der Waals surface area contributed by atoms with Gasteiger partial charge in [-0.15, -0.1) is 11.8 Å². The molecule has 0 spiro atoms. The third kappa shape index (κ3) is 4.79. The summed E-state index contributed by atoms with van der Waals surface area (Å²) in [5.74, 6) is -2.37. The first-order valence-electron chi connectivity index (χ1n) is 6.74. The van der Waals surface area contributed by atoms with Crippen LogP contribution in [0.2, 0.25) is 0 Å². The van der Waals surface area contributed by atoms with Crippen molar-refractivity contribution in [2.75, 3.05) is 0 Å². The van der Waals surface area contributed by atoms with E-state index in [9.17, 15) is 18.4 Å². The molecule has 2 amide bonds. The molecule has 1 atom stereocenters. The van der Waals surface area contributed by atoms with Crippen molar-refractivity contribution in [3.05, 3.63) is 65.7 Å². The molecule has 0 saturated heterocycles. The molecule has 0 aromatic heterocycles. The molecule has 0 heterocycles. The van der Waals surface area contributed by atoms with Crippen molar-refractivity contribution in [1.29, 1.82) is 0 Å². The van der Waals surface area contributed by atoms with Crippen LogP contribution in [-0.2, 0) is 4.79 Å². The van der Waals surface area contributed by atoms with Gasteiger partial charge in [-0.05, 0) is 31.2 Å². The second-order valence-corrected chi connectivity index (χ2v) is 6.03. The van der Waals surface area contributed by atoms with Gasteiger partial charge in [-0.1, -0.05) is 18.2 Å². The van der Waals surface area contributed by atoms with Crippen LogP contribution in [0, 0.1) is 11.6 Å². The van der Waals surface area contributed by atoms with Crippen molar-refractivity contribution < 1.29 is 18.4 Å². The fourth-order valence-electron chi connectivity index (χ4n) is 1.70. The zero-order chi connectivity index (χ0) is 16.8. The number of carbonyl (C=O) groups is 2. The van der Waals surface area contributed by atoms with Crippen LogP contribution in [0.25, 0.3) is 0 Å². The maximum absolute atomic E-state index is 13.5. The number of halogens is 2. The fourth-order valence-corrected chi connectivity index (χ4v) is 2.56. The van der Waals surface area contributed by atoms with Gasteiger partial charge >= 0.3 is 0 Å². The number of carbonyl (C=O) groups excluding carboxylic acids is 2. The summed E-state index contributed by atoms with van der Waals surface area (Å²) in [4.78, 5) is 23.9. The highest BCUT2D eigenvalue weighted by atomic mass is 32.2. The van der Waals surface area contributed by atoms with E-state index in [1.54, 1.807) is 37.3 Å². The Morgan fingerprint density at radius 3 is 2.39 bits per heavy atom. The molecule has 0 aliphatic heterocycles. The molecule has 0 bridgehead atoms. The standard InChI is InChI=1S/C16H14F2N2O2S/c1-10(23-14-8-7-12(17)9-13(14)18)15(21)19-20-16(22)11-5-3-2-4-6-11/h2-10H,1H3,(H,19,21)(H,20,22)/t10-/m1/s1. The van der Waals surface area contributed by atoms with Gasteiger partial charge in [0.1, 0.15) is 11.6 Å². The highest BCUT2D eigenvalue weighted by molar-refractivity contribution is 8.00. The Bertz CT molecular complexity index is 710. The van der Waals surface area contributed by atoms with Gasteiger partial charge in [0.25, 0.3) is 11.8 Å². The van der Waals surface area contributed by atoms with Crippen LogP contribution in [0.3, 0.4) is 0 Å². The minimum absolute atomic E-state index is 0.156. The molecule has 0 aliphatic carbocycles. The van der Waals surface area contributed by atoms with E-state index in [1.165, 1.54) is 6.07 Å². The van der Waals surface area contributed by atoms with Gasteiger partial charge in [-0.2, -0.15) is 0 Å². The first-order chi connectivity index (χ1) is 11.0. The van der Waals surface area contributed by atoms with E-state index in [1.807, 2.05) is 0 Å². The number of hydrogen-bond donors (Lipinski definition) is 2. The van der Waals surface area contributed by atoms with Gasteiger partial charge in [0, 0.05) is 16.5 Å². The summed E-state index contributed by atoms with van der Waals surface area (Å²) in [7, 11) is 0. The number of hydrogen-bond acceptors (Lipinski definition) is 3. The van der Waals surface area contributed by atoms with Crippen LogP contribution in [-0.4, -0.2) is 17.1 Å². The zero-order valence-electron chi connectivity index (χ0n) is 12.2. The average Bonchev–Trinajstić information content (AvgIpc) is 2.55. The van der Waals surface area contributed by atoms with E-state index in [0.29, 0.717) is 5.56 Å². The molecule has 0 fully saturated rings. The number of thioether (sulfide) groups is 1. The molecule has 2 rings (SSSR count). The van der Waals surface area contributed by atoms with Gasteiger partial charge in [0.2, 0.25) is 0 Å². The number of hydrazine groups is 1. The molecule has 23 heavy (non-hydrogen) atoms. The van der Waals surface area contributed by atoms with E-state index < -0.39 is 28.7 Å². The van der Waals surface area contributed by atoms with Crippen molar-refractivity contribution in [3.8, 4) is 0 Å². The normalized spacial score (nSPS) is 11.6. The van der Waals surface area contributed by atoms with Crippen LogP contribution in [0.15, 0.2) is 53.4 Å². The highest BCUT2D eigenvalue weighted by Gasteiger charge is 2.17. The van der Waals surface area contributed by atoms with Crippen LogP contribution >= 0.6 is 11.8 Å². The van der Waals surface area contributed by atoms with Gasteiger partial charge in [0.05, 0.1) is 5.25 Å². The molecule has 0 radical (unpaired) electrons. The topological polar surface area (TPSA) is 58.2 Å². The first kappa shape index (κ1) is 17.0. The Kier molecular flexibility index (Phi) is 5.70. The maximum Gasteiger partial charge on any atom is 0.269 e. The molecule has 2 aromatic rings. The number of nitrogens with one attached hydrogen (secondary N) is 2. The van der Waals surface area contributed by atoms with Crippen molar-refractivity contribution >= 4 is 23.6 Å². The number of rotatable bonds is 4. The van der Waals surface area contributed by atoms with E-state index in [4.69, 9.17) is 0 Å². The summed E-state index contributed by atoms with van der Waals surface area (Å²) >= 11 is 0.929. The molecule has 120 valence electrons. The van der Waals surface area contributed by atoms with Gasteiger partial charge < -0.3 is 0 Å². The molecular weight excluding hydrogens is 322 g/mol. The molecule has 2 aromatic carbocycles. The Morgan fingerprint density at radius 2 is 1.74 bits per heavy atom. The lowest BCUT2D eigenvalue weighted by atomic mass is 10.2. The molecule has 0 unspecified atom stereocenters. The smallest absolute Gasteiger partial charge is 0.269 e. The van der Waals surface area contributed by atoms with E-state index in [2.05, 4.69) is 10.9 Å². The summed E-state index contributed by atoms with van der Waals surface area (Å²) in [5, 5.41) is -0.675. The Labute approximate surface area is 136 Å². The third-order valence-corrected chi connectivity index (χ3v) is 4.05. The van der Waals surface area contributed by atoms with Crippen LogP contribution in [0.5, 0.6) is 0 Å². The minimum Gasteiger partial charge on any atom is -0.272 e. The van der Waals surface area contributed by atoms with Gasteiger partial charge in [-0.25, -0.2) is 8.78 Å². The average molecular weight is 336 g/mol. The monoisotopic (exact) mass is 336 g/mol. The van der Waals surface area contributed by atoms with E-state index >= 15 is 0 Å². The third-order valence-electron chi connectivity index (χ3n) is 2.90. The lowest BCUT2D eigenvalue weighted by Crippen LogP contribution is -2.44. The Hall–Kier alpha value is -2.41.